The number of hydrogen-bond acceptors (Lipinski definition) is 3. The van der Waals surface area contributed by atoms with Gasteiger partial charge in [0.05, 0.1) is 0 Å². The number of likely N-dealkylation sites (N-methyl/N-ethyl adjacent to an activating group) is 1. The molecule has 0 bridgehead atoms. The van der Waals surface area contributed by atoms with Crippen LogP contribution in [0.3, 0.4) is 0 Å². The molecule has 2 N–H and O–H groups in total. The molecule has 0 aromatic heterocycles. The van der Waals surface area contributed by atoms with E-state index in [1.54, 1.807) is 12.1 Å². The average molecular weight is 319 g/mol. The number of rotatable bonds is 2. The Morgan fingerprint density at radius 3 is 3.06 bits per heavy atom. The molecule has 1 saturated heterocycles. The summed E-state index contributed by atoms with van der Waals surface area (Å²) in [5, 5.41) is 0. The summed E-state index contributed by atoms with van der Waals surface area (Å²) >= 11 is 5.25. The molecule has 1 aliphatic heterocycles. The van der Waals surface area contributed by atoms with E-state index in [-0.39, 0.29) is 17.9 Å². The maximum absolute atomic E-state index is 13.8. The van der Waals surface area contributed by atoms with Crippen molar-refractivity contribution < 1.29 is 4.39 Å². The molecule has 2 nitrogen and oxygen atoms in total. The van der Waals surface area contributed by atoms with Gasteiger partial charge < -0.3 is 5.73 Å². The van der Waals surface area contributed by atoms with Crippen LogP contribution in [0, 0.1) is 5.82 Å². The van der Waals surface area contributed by atoms with Crippen molar-refractivity contribution in [2.24, 2.45) is 5.73 Å². The molecule has 0 aliphatic carbocycles. The summed E-state index contributed by atoms with van der Waals surface area (Å²) in [5.74, 6) is 1.87. The normalized spacial score (nSPS) is 23.6. The predicted octanol–water partition coefficient (Wildman–Crippen LogP) is 2.64. The van der Waals surface area contributed by atoms with Crippen molar-refractivity contribution in [1.29, 1.82) is 0 Å². The van der Waals surface area contributed by atoms with E-state index in [1.807, 2.05) is 11.8 Å². The molecule has 0 saturated carbocycles. The summed E-state index contributed by atoms with van der Waals surface area (Å²) in [6, 6.07) is 4.88. The molecular weight excluding hydrogens is 303 g/mol. The van der Waals surface area contributed by atoms with E-state index < -0.39 is 0 Å². The van der Waals surface area contributed by atoms with Gasteiger partial charge in [-0.1, -0.05) is 15.9 Å². The third kappa shape index (κ3) is 3.02. The quantitative estimate of drug-likeness (QED) is 0.909. The highest BCUT2D eigenvalue weighted by Gasteiger charge is 2.28. The first-order valence-corrected chi connectivity index (χ1v) is 7.53. The fourth-order valence-corrected chi connectivity index (χ4v) is 3.73. The Labute approximate surface area is 114 Å². The SMILES string of the molecule is CN1CCSCC1C(N)c1cc(Br)ccc1F. The standard InChI is InChI=1S/C12H16BrFN2S/c1-16-4-5-17-7-11(16)12(15)9-6-8(13)2-3-10(9)14/h2-3,6,11-12H,4-5,7,15H2,1H3. The third-order valence-corrected chi connectivity index (χ3v) is 4.72. The van der Waals surface area contributed by atoms with Gasteiger partial charge in [0.15, 0.2) is 0 Å². The number of halogens is 2. The summed E-state index contributed by atoms with van der Waals surface area (Å²) in [6.45, 7) is 1.01. The van der Waals surface area contributed by atoms with E-state index >= 15 is 0 Å². The molecule has 5 heteroatoms. The monoisotopic (exact) mass is 318 g/mol. The van der Waals surface area contributed by atoms with Gasteiger partial charge in [-0.05, 0) is 25.2 Å². The maximum atomic E-state index is 13.8. The zero-order valence-corrected chi connectivity index (χ0v) is 12.1. The van der Waals surface area contributed by atoms with Crippen LogP contribution in [0.25, 0.3) is 0 Å². The Kier molecular flexibility index (Phi) is 4.47. The van der Waals surface area contributed by atoms with E-state index in [9.17, 15) is 4.39 Å². The van der Waals surface area contributed by atoms with Gasteiger partial charge in [-0.2, -0.15) is 11.8 Å². The van der Waals surface area contributed by atoms with Gasteiger partial charge in [0.25, 0.3) is 0 Å². The topological polar surface area (TPSA) is 29.3 Å². The van der Waals surface area contributed by atoms with Gasteiger partial charge in [0, 0.05) is 40.2 Å². The van der Waals surface area contributed by atoms with E-state index in [0.29, 0.717) is 5.56 Å². The maximum Gasteiger partial charge on any atom is 0.128 e. The molecule has 1 heterocycles. The van der Waals surface area contributed by atoms with E-state index in [4.69, 9.17) is 5.73 Å². The Hall–Kier alpha value is -0.100. The lowest BCUT2D eigenvalue weighted by molar-refractivity contribution is 0.235. The molecule has 2 unspecified atom stereocenters. The summed E-state index contributed by atoms with van der Waals surface area (Å²) in [6.07, 6.45) is 0. The average Bonchev–Trinajstić information content (AvgIpc) is 2.32. The van der Waals surface area contributed by atoms with Crippen LogP contribution in [0.2, 0.25) is 0 Å². The summed E-state index contributed by atoms with van der Waals surface area (Å²) < 4.78 is 14.6. The van der Waals surface area contributed by atoms with Crippen LogP contribution >= 0.6 is 27.7 Å². The van der Waals surface area contributed by atoms with Crippen molar-refractivity contribution in [2.45, 2.75) is 12.1 Å². The number of hydrogen-bond donors (Lipinski definition) is 1. The van der Waals surface area contributed by atoms with E-state index in [2.05, 4.69) is 27.9 Å². The minimum atomic E-state index is -0.273. The second-order valence-corrected chi connectivity index (χ2v) is 6.38. The second-order valence-electron chi connectivity index (χ2n) is 4.31. The molecule has 17 heavy (non-hydrogen) atoms. The lowest BCUT2D eigenvalue weighted by Gasteiger charge is -2.36. The van der Waals surface area contributed by atoms with Crippen LogP contribution in [0.4, 0.5) is 4.39 Å². The Bertz CT molecular complexity index is 402. The second kappa shape index (κ2) is 5.69. The first-order chi connectivity index (χ1) is 8.09. The van der Waals surface area contributed by atoms with Crippen LogP contribution in [0.5, 0.6) is 0 Å². The fraction of sp³-hybridized carbons (Fsp3) is 0.500. The molecule has 0 amide bonds. The van der Waals surface area contributed by atoms with Gasteiger partial charge >= 0.3 is 0 Å². The zero-order valence-electron chi connectivity index (χ0n) is 9.70. The van der Waals surface area contributed by atoms with Crippen molar-refractivity contribution >= 4 is 27.7 Å². The van der Waals surface area contributed by atoms with Gasteiger partial charge in [-0.15, -0.1) is 0 Å². The van der Waals surface area contributed by atoms with Crippen molar-refractivity contribution in [3.8, 4) is 0 Å². The molecule has 1 fully saturated rings. The zero-order chi connectivity index (χ0) is 12.4. The van der Waals surface area contributed by atoms with Gasteiger partial charge in [-0.3, -0.25) is 4.90 Å². The lowest BCUT2D eigenvalue weighted by atomic mass is 9.99. The summed E-state index contributed by atoms with van der Waals surface area (Å²) in [5.41, 5.74) is 6.81. The van der Waals surface area contributed by atoms with Crippen LogP contribution in [0.1, 0.15) is 11.6 Å². The Morgan fingerprint density at radius 1 is 1.59 bits per heavy atom. The molecule has 1 aliphatic rings. The minimum Gasteiger partial charge on any atom is -0.323 e. The summed E-state index contributed by atoms with van der Waals surface area (Å²) in [7, 11) is 2.06. The highest BCUT2D eigenvalue weighted by atomic mass is 79.9. The van der Waals surface area contributed by atoms with Crippen LogP contribution in [-0.2, 0) is 0 Å². The lowest BCUT2D eigenvalue weighted by Crippen LogP contribution is -2.46. The van der Waals surface area contributed by atoms with Gasteiger partial charge in [0.2, 0.25) is 0 Å². The van der Waals surface area contributed by atoms with Crippen LogP contribution < -0.4 is 5.73 Å². The summed E-state index contributed by atoms with van der Waals surface area (Å²) in [4.78, 5) is 2.22. The molecule has 2 rings (SSSR count). The smallest absolute Gasteiger partial charge is 0.128 e. The molecular formula is C12H16BrFN2S. The van der Waals surface area contributed by atoms with Gasteiger partial charge in [0.1, 0.15) is 5.82 Å². The molecule has 1 aromatic carbocycles. The van der Waals surface area contributed by atoms with Crippen molar-refractivity contribution in [2.75, 3.05) is 25.1 Å². The molecule has 0 spiro atoms. The van der Waals surface area contributed by atoms with Crippen molar-refractivity contribution in [1.82, 2.24) is 4.90 Å². The number of benzene rings is 1. The number of nitrogens with two attached hydrogens (primary N) is 1. The first-order valence-electron chi connectivity index (χ1n) is 5.58. The van der Waals surface area contributed by atoms with E-state index in [0.717, 1.165) is 22.5 Å². The molecule has 2 atom stereocenters. The third-order valence-electron chi connectivity index (χ3n) is 3.17. The molecule has 0 radical (unpaired) electrons. The first kappa shape index (κ1) is 13.3. The van der Waals surface area contributed by atoms with Crippen molar-refractivity contribution in [3.05, 3.63) is 34.1 Å². The minimum absolute atomic E-state index is 0.206. The van der Waals surface area contributed by atoms with Crippen molar-refractivity contribution in [3.63, 3.8) is 0 Å². The van der Waals surface area contributed by atoms with E-state index in [1.165, 1.54) is 6.07 Å². The molecule has 1 aromatic rings. The predicted molar refractivity (Wildman–Crippen MR) is 74.8 cm³/mol. The van der Waals surface area contributed by atoms with Crippen LogP contribution in [0.15, 0.2) is 22.7 Å². The van der Waals surface area contributed by atoms with Gasteiger partial charge in [-0.25, -0.2) is 4.39 Å². The largest absolute Gasteiger partial charge is 0.323 e. The highest BCUT2D eigenvalue weighted by Crippen LogP contribution is 2.28. The number of nitrogens with zero attached hydrogens (tertiary/aromatic N) is 1. The molecule has 94 valence electrons. The Balaban J connectivity index is 2.23. The number of thioether (sulfide) groups is 1. The fourth-order valence-electron chi connectivity index (χ4n) is 2.06. The Morgan fingerprint density at radius 2 is 2.35 bits per heavy atom. The highest BCUT2D eigenvalue weighted by molar-refractivity contribution is 9.10. The van der Waals surface area contributed by atoms with Crippen LogP contribution in [-0.4, -0.2) is 36.0 Å².